The fraction of sp³-hybridized carbons (Fsp3) is 0.333. The van der Waals surface area contributed by atoms with Gasteiger partial charge >= 0.3 is 0 Å². The van der Waals surface area contributed by atoms with Gasteiger partial charge in [-0.25, -0.2) is 9.97 Å². The average molecular weight is 146 g/mol. The highest BCUT2D eigenvalue weighted by Crippen LogP contribution is 2.07. The lowest BCUT2D eigenvalue weighted by Gasteiger charge is -2.01. The molecule has 56 valence electrons. The van der Waals surface area contributed by atoms with Gasteiger partial charge in [-0.05, 0) is 6.07 Å². The van der Waals surface area contributed by atoms with Gasteiger partial charge in [0.1, 0.15) is 11.5 Å². The number of nitrogens with zero attached hydrogens (tertiary/aromatic N) is 2. The highest BCUT2D eigenvalue weighted by atomic mass is 14.9. The van der Waals surface area contributed by atoms with Crippen molar-refractivity contribution in [2.75, 3.05) is 0 Å². The second-order valence-corrected chi connectivity index (χ2v) is 2.60. The Morgan fingerprint density at radius 2 is 2.27 bits per heavy atom. The first-order valence-electron chi connectivity index (χ1n) is 3.53. The molecule has 0 aromatic carbocycles. The number of rotatable bonds is 1. The third kappa shape index (κ3) is 1.78. The summed E-state index contributed by atoms with van der Waals surface area (Å²) in [4.78, 5) is 8.22. The van der Waals surface area contributed by atoms with Crippen molar-refractivity contribution in [1.29, 1.82) is 0 Å². The Kier molecular flexibility index (Phi) is 2.22. The van der Waals surface area contributed by atoms with Gasteiger partial charge in [-0.2, -0.15) is 0 Å². The van der Waals surface area contributed by atoms with E-state index in [0.29, 0.717) is 11.6 Å². The zero-order valence-corrected chi connectivity index (χ0v) is 6.70. The molecule has 1 aromatic rings. The van der Waals surface area contributed by atoms with Crippen molar-refractivity contribution in [3.63, 3.8) is 0 Å². The van der Waals surface area contributed by atoms with Crippen molar-refractivity contribution in [1.82, 2.24) is 9.97 Å². The van der Waals surface area contributed by atoms with Gasteiger partial charge in [0.2, 0.25) is 0 Å². The maximum atomic E-state index is 5.18. The summed E-state index contributed by atoms with van der Waals surface area (Å²) < 4.78 is 0. The molecular formula is C9H10N2. The zero-order valence-electron chi connectivity index (χ0n) is 6.70. The molecule has 0 N–H and O–H groups in total. The minimum Gasteiger partial charge on any atom is -0.241 e. The van der Waals surface area contributed by atoms with Crippen LogP contribution in [-0.2, 0) is 0 Å². The summed E-state index contributed by atoms with van der Waals surface area (Å²) in [5, 5.41) is 0. The van der Waals surface area contributed by atoms with E-state index in [4.69, 9.17) is 6.42 Å². The topological polar surface area (TPSA) is 25.8 Å². The van der Waals surface area contributed by atoms with E-state index in [9.17, 15) is 0 Å². The lowest BCUT2D eigenvalue weighted by molar-refractivity contribution is 0.771. The number of terminal acetylenes is 1. The van der Waals surface area contributed by atoms with E-state index in [2.05, 4.69) is 15.9 Å². The average Bonchev–Trinajstić information content (AvgIpc) is 2.05. The molecule has 2 nitrogen and oxygen atoms in total. The molecule has 1 heterocycles. The van der Waals surface area contributed by atoms with Crippen LogP contribution in [0.15, 0.2) is 12.3 Å². The molecular weight excluding hydrogens is 136 g/mol. The Balaban J connectivity index is 3.03. The van der Waals surface area contributed by atoms with E-state index in [1.165, 1.54) is 0 Å². The van der Waals surface area contributed by atoms with Crippen molar-refractivity contribution in [2.24, 2.45) is 0 Å². The van der Waals surface area contributed by atoms with Crippen LogP contribution in [0.2, 0.25) is 0 Å². The molecule has 0 bridgehead atoms. The van der Waals surface area contributed by atoms with E-state index in [1.54, 1.807) is 12.3 Å². The molecule has 0 aliphatic rings. The first-order chi connectivity index (χ1) is 5.24. The quantitative estimate of drug-likeness (QED) is 0.562. The maximum Gasteiger partial charge on any atom is 0.132 e. The molecule has 0 fully saturated rings. The normalized spacial score (nSPS) is 9.64. The van der Waals surface area contributed by atoms with Crippen LogP contribution in [0.1, 0.15) is 31.3 Å². The van der Waals surface area contributed by atoms with E-state index in [1.807, 2.05) is 13.8 Å². The van der Waals surface area contributed by atoms with Crippen LogP contribution in [0, 0.1) is 12.3 Å². The van der Waals surface area contributed by atoms with Gasteiger partial charge in [0.15, 0.2) is 0 Å². The molecule has 1 aromatic heterocycles. The van der Waals surface area contributed by atoms with Gasteiger partial charge in [-0.15, -0.1) is 6.42 Å². The number of aromatic nitrogens is 2. The van der Waals surface area contributed by atoms with Gasteiger partial charge in [0.05, 0.1) is 0 Å². The van der Waals surface area contributed by atoms with Crippen LogP contribution in [0.3, 0.4) is 0 Å². The molecule has 2 heteroatoms. The molecule has 0 aliphatic heterocycles. The molecule has 0 saturated carbocycles. The Hall–Kier alpha value is -1.36. The van der Waals surface area contributed by atoms with Crippen molar-refractivity contribution >= 4 is 0 Å². The van der Waals surface area contributed by atoms with Crippen LogP contribution < -0.4 is 0 Å². The first kappa shape index (κ1) is 7.74. The van der Waals surface area contributed by atoms with Crippen LogP contribution >= 0.6 is 0 Å². The predicted molar refractivity (Wildman–Crippen MR) is 44.1 cm³/mol. The summed E-state index contributed by atoms with van der Waals surface area (Å²) >= 11 is 0. The summed E-state index contributed by atoms with van der Waals surface area (Å²) in [6, 6.07) is 1.73. The summed E-state index contributed by atoms with van der Waals surface area (Å²) in [5.74, 6) is 3.61. The largest absolute Gasteiger partial charge is 0.241 e. The molecule has 0 atom stereocenters. The lowest BCUT2D eigenvalue weighted by atomic mass is 10.2. The maximum absolute atomic E-state index is 5.18. The SMILES string of the molecule is C#Cc1ccnc(C(C)C)n1. The molecule has 0 radical (unpaired) electrons. The highest BCUT2D eigenvalue weighted by Gasteiger charge is 2.01. The van der Waals surface area contributed by atoms with E-state index >= 15 is 0 Å². The van der Waals surface area contributed by atoms with Crippen molar-refractivity contribution in [3.05, 3.63) is 23.8 Å². The Morgan fingerprint density at radius 3 is 2.82 bits per heavy atom. The Bertz CT molecular complexity index is 284. The van der Waals surface area contributed by atoms with Gasteiger partial charge in [-0.1, -0.05) is 19.8 Å². The summed E-state index contributed by atoms with van der Waals surface area (Å²) in [5.41, 5.74) is 0.656. The smallest absolute Gasteiger partial charge is 0.132 e. The lowest BCUT2D eigenvalue weighted by Crippen LogP contribution is -1.97. The van der Waals surface area contributed by atoms with Gasteiger partial charge in [0, 0.05) is 12.1 Å². The molecule has 0 saturated heterocycles. The second kappa shape index (κ2) is 3.16. The first-order valence-corrected chi connectivity index (χ1v) is 3.53. The predicted octanol–water partition coefficient (Wildman–Crippen LogP) is 1.58. The van der Waals surface area contributed by atoms with Crippen molar-refractivity contribution < 1.29 is 0 Å². The third-order valence-electron chi connectivity index (χ3n) is 1.34. The van der Waals surface area contributed by atoms with E-state index in [0.717, 1.165) is 5.82 Å². The summed E-state index contributed by atoms with van der Waals surface area (Å²) in [7, 11) is 0. The molecule has 11 heavy (non-hydrogen) atoms. The number of hydrogen-bond acceptors (Lipinski definition) is 2. The minimum absolute atomic E-state index is 0.336. The van der Waals surface area contributed by atoms with Crippen molar-refractivity contribution in [2.45, 2.75) is 19.8 Å². The number of hydrogen-bond donors (Lipinski definition) is 0. The van der Waals surface area contributed by atoms with Gasteiger partial charge in [-0.3, -0.25) is 0 Å². The van der Waals surface area contributed by atoms with Crippen molar-refractivity contribution in [3.8, 4) is 12.3 Å². The molecule has 0 amide bonds. The molecule has 1 rings (SSSR count). The van der Waals surface area contributed by atoms with E-state index in [-0.39, 0.29) is 0 Å². The summed E-state index contributed by atoms with van der Waals surface area (Å²) in [6.45, 7) is 4.07. The second-order valence-electron chi connectivity index (χ2n) is 2.60. The van der Waals surface area contributed by atoms with E-state index < -0.39 is 0 Å². The summed E-state index contributed by atoms with van der Waals surface area (Å²) in [6.07, 6.45) is 6.87. The van der Waals surface area contributed by atoms with Crippen LogP contribution in [0.5, 0.6) is 0 Å². The minimum atomic E-state index is 0.336. The monoisotopic (exact) mass is 146 g/mol. The fourth-order valence-corrected chi connectivity index (χ4v) is 0.732. The standard InChI is InChI=1S/C9H10N2/c1-4-8-5-6-10-9(11-8)7(2)3/h1,5-7H,2-3H3. The Labute approximate surface area is 66.7 Å². The molecule has 0 unspecified atom stereocenters. The Morgan fingerprint density at radius 1 is 1.55 bits per heavy atom. The fourth-order valence-electron chi connectivity index (χ4n) is 0.732. The molecule has 0 aliphatic carbocycles. The van der Waals surface area contributed by atoms with Crippen LogP contribution in [0.4, 0.5) is 0 Å². The van der Waals surface area contributed by atoms with Gasteiger partial charge < -0.3 is 0 Å². The third-order valence-corrected chi connectivity index (χ3v) is 1.34. The van der Waals surface area contributed by atoms with Crippen LogP contribution in [0.25, 0.3) is 0 Å². The zero-order chi connectivity index (χ0) is 8.27. The highest BCUT2D eigenvalue weighted by molar-refractivity contribution is 5.22. The molecule has 0 spiro atoms. The van der Waals surface area contributed by atoms with Crippen LogP contribution in [-0.4, -0.2) is 9.97 Å². The van der Waals surface area contributed by atoms with Gasteiger partial charge in [0.25, 0.3) is 0 Å².